The highest BCUT2D eigenvalue weighted by Crippen LogP contribution is 2.29. The van der Waals surface area contributed by atoms with Gasteiger partial charge in [-0.05, 0) is 125 Å². The third-order valence-electron chi connectivity index (χ3n) is 10.6. The van der Waals surface area contributed by atoms with Crippen molar-refractivity contribution in [3.05, 3.63) is 181 Å². The van der Waals surface area contributed by atoms with Gasteiger partial charge in [0.15, 0.2) is 0 Å². The zero-order chi connectivity index (χ0) is 42.1. The van der Waals surface area contributed by atoms with Gasteiger partial charge < -0.3 is 21.3 Å². The monoisotopic (exact) mass is 792 g/mol. The maximum Gasteiger partial charge on any atom is 0.259 e. The molecule has 60 heavy (non-hydrogen) atoms. The van der Waals surface area contributed by atoms with Crippen molar-refractivity contribution in [3.8, 4) is 0 Å². The Hall–Kier alpha value is -7.46. The van der Waals surface area contributed by atoms with Gasteiger partial charge in [0.05, 0.1) is 11.1 Å². The lowest BCUT2D eigenvalue weighted by atomic mass is 9.82. The van der Waals surface area contributed by atoms with E-state index in [0.717, 1.165) is 50.7 Å². The van der Waals surface area contributed by atoms with Crippen LogP contribution in [0.4, 0.5) is 34.4 Å². The number of benzene rings is 4. The average Bonchev–Trinajstić information content (AvgIpc) is 3.27. The Bertz CT molecular complexity index is 2750. The molecule has 0 saturated carbocycles. The third-order valence-corrected chi connectivity index (χ3v) is 10.6. The molecule has 10 heteroatoms. The van der Waals surface area contributed by atoms with Gasteiger partial charge >= 0.3 is 0 Å². The van der Waals surface area contributed by atoms with E-state index in [4.69, 9.17) is 0 Å². The Morgan fingerprint density at radius 1 is 0.550 bits per heavy atom. The van der Waals surface area contributed by atoms with Gasteiger partial charge in [-0.25, -0.2) is 9.97 Å². The second kappa shape index (κ2) is 18.4. The number of carbonyl (C=O) groups excluding carboxylic acids is 2. The van der Waals surface area contributed by atoms with E-state index in [-0.39, 0.29) is 17.2 Å². The molecule has 0 bridgehead atoms. The average molecular weight is 793 g/mol. The normalized spacial score (nSPS) is 11.1. The molecular weight excluding hydrogens is 745 g/mol. The van der Waals surface area contributed by atoms with Crippen molar-refractivity contribution in [3.63, 3.8) is 0 Å². The van der Waals surface area contributed by atoms with Crippen LogP contribution in [0.15, 0.2) is 159 Å². The van der Waals surface area contributed by atoms with Gasteiger partial charge in [0.2, 0.25) is 0 Å². The summed E-state index contributed by atoms with van der Waals surface area (Å²) in [6.45, 7) is 10.9. The third kappa shape index (κ3) is 9.97. The maximum atomic E-state index is 13.0. The Morgan fingerprint density at radius 2 is 1.00 bits per heavy atom. The molecule has 0 aliphatic carbocycles. The zero-order valence-corrected chi connectivity index (χ0v) is 34.4. The molecule has 4 N–H and O–H groups in total. The highest BCUT2D eigenvalue weighted by Gasteiger charge is 2.19. The molecule has 2 amide bonds. The van der Waals surface area contributed by atoms with E-state index in [0.29, 0.717) is 28.7 Å². The second-order valence-electron chi connectivity index (χ2n) is 15.4. The summed E-state index contributed by atoms with van der Waals surface area (Å²) in [6.07, 6.45) is 11.6. The summed E-state index contributed by atoms with van der Waals surface area (Å²) >= 11 is 0. The predicted octanol–water partition coefficient (Wildman–Crippen LogP) is 12.1. The van der Waals surface area contributed by atoms with Gasteiger partial charge in [0.25, 0.3) is 11.8 Å². The van der Waals surface area contributed by atoms with E-state index in [1.165, 1.54) is 11.1 Å². The summed E-state index contributed by atoms with van der Waals surface area (Å²) in [5.41, 5.74) is 6.76. The molecule has 4 aromatic carbocycles. The van der Waals surface area contributed by atoms with E-state index in [1.807, 2.05) is 97.3 Å². The van der Waals surface area contributed by atoms with Crippen LogP contribution in [0.3, 0.4) is 0 Å². The second-order valence-corrected chi connectivity index (χ2v) is 15.4. The highest BCUT2D eigenvalue weighted by atomic mass is 16.2. The molecule has 0 unspecified atom stereocenters. The number of nitrogens with zero attached hydrogens (tertiary/aromatic N) is 4. The largest absolute Gasteiger partial charge is 0.340 e. The molecule has 4 aromatic heterocycles. The summed E-state index contributed by atoms with van der Waals surface area (Å²) in [7, 11) is 0. The lowest BCUT2D eigenvalue weighted by Crippen LogP contribution is -2.16. The van der Waals surface area contributed by atoms with Crippen LogP contribution in [0.5, 0.6) is 0 Å². The first-order valence-corrected chi connectivity index (χ1v) is 20.0. The number of rotatable bonds is 11. The van der Waals surface area contributed by atoms with Gasteiger partial charge in [-0.3, -0.25) is 19.6 Å². The van der Waals surface area contributed by atoms with E-state index < -0.39 is 0 Å². The standard InChI is InChI=1S/C26H26N4O.C24H22N4O/c1-4-26(2,3)20-8-11-21(12-9-20)30-25(31)23-6-5-14-28-24(23)29-22-10-7-18-13-15-27-17-19(18)16-22;1-16(2)17-5-8-20(9-6-17)28-24(29)22-4-3-12-26-23(22)27-21-10-7-18-11-13-25-15-19(18)14-21/h5-17H,4H2,1-3H3,(H,28,29)(H,30,31);3-16H,1-2H3,(H,26,27)(H,28,29). The van der Waals surface area contributed by atoms with Crippen molar-refractivity contribution < 1.29 is 9.59 Å². The van der Waals surface area contributed by atoms with Crippen LogP contribution in [0, 0.1) is 0 Å². The van der Waals surface area contributed by atoms with Crippen molar-refractivity contribution in [1.29, 1.82) is 0 Å². The van der Waals surface area contributed by atoms with Crippen LogP contribution >= 0.6 is 0 Å². The summed E-state index contributed by atoms with van der Waals surface area (Å²) in [5, 5.41) is 16.7. The summed E-state index contributed by atoms with van der Waals surface area (Å²) in [6, 6.07) is 38.9. The molecule has 0 saturated heterocycles. The molecular formula is C50H48N8O2. The van der Waals surface area contributed by atoms with Crippen molar-refractivity contribution in [2.75, 3.05) is 21.3 Å². The summed E-state index contributed by atoms with van der Waals surface area (Å²) < 4.78 is 0. The number of aromatic nitrogens is 4. The fourth-order valence-corrected chi connectivity index (χ4v) is 6.53. The van der Waals surface area contributed by atoms with Gasteiger partial charge in [0, 0.05) is 70.7 Å². The fraction of sp³-hybridized carbons (Fsp3) is 0.160. The molecule has 8 aromatic rings. The first-order chi connectivity index (χ1) is 29.1. The minimum atomic E-state index is -0.208. The number of anilines is 6. The summed E-state index contributed by atoms with van der Waals surface area (Å²) in [5.74, 6) is 1.05. The molecule has 0 fully saturated rings. The van der Waals surface area contributed by atoms with Crippen LogP contribution in [-0.2, 0) is 5.41 Å². The minimum absolute atomic E-state index is 0.109. The molecule has 0 aliphatic heterocycles. The molecule has 10 nitrogen and oxygen atoms in total. The number of pyridine rings is 4. The van der Waals surface area contributed by atoms with Crippen LogP contribution in [-0.4, -0.2) is 31.8 Å². The van der Waals surface area contributed by atoms with Gasteiger partial charge in [0.1, 0.15) is 11.6 Å². The molecule has 0 spiro atoms. The van der Waals surface area contributed by atoms with Crippen LogP contribution in [0.1, 0.15) is 78.8 Å². The Balaban J connectivity index is 0.000000182. The van der Waals surface area contributed by atoms with Crippen molar-refractivity contribution in [1.82, 2.24) is 19.9 Å². The molecule has 300 valence electrons. The van der Waals surface area contributed by atoms with Crippen LogP contribution in [0.25, 0.3) is 21.5 Å². The predicted molar refractivity (Wildman–Crippen MR) is 245 cm³/mol. The van der Waals surface area contributed by atoms with Crippen LogP contribution < -0.4 is 21.3 Å². The molecule has 8 rings (SSSR count). The topological polar surface area (TPSA) is 134 Å². The first kappa shape index (κ1) is 40.7. The van der Waals surface area contributed by atoms with Gasteiger partial charge in [-0.15, -0.1) is 0 Å². The minimum Gasteiger partial charge on any atom is -0.340 e. The van der Waals surface area contributed by atoms with Crippen molar-refractivity contribution >= 4 is 67.7 Å². The van der Waals surface area contributed by atoms with E-state index in [2.05, 4.69) is 88.0 Å². The molecule has 0 atom stereocenters. The van der Waals surface area contributed by atoms with E-state index in [1.54, 1.807) is 49.1 Å². The number of fused-ring (bicyclic) bond motifs is 2. The van der Waals surface area contributed by atoms with Crippen molar-refractivity contribution in [2.24, 2.45) is 0 Å². The molecule has 4 heterocycles. The maximum absolute atomic E-state index is 13.0. The molecule has 0 radical (unpaired) electrons. The summed E-state index contributed by atoms with van der Waals surface area (Å²) in [4.78, 5) is 42.9. The Morgan fingerprint density at radius 3 is 1.45 bits per heavy atom. The first-order valence-electron chi connectivity index (χ1n) is 20.0. The van der Waals surface area contributed by atoms with E-state index >= 15 is 0 Å². The van der Waals surface area contributed by atoms with Crippen LogP contribution in [0.2, 0.25) is 0 Å². The molecule has 0 aliphatic rings. The van der Waals surface area contributed by atoms with Crippen molar-refractivity contribution in [2.45, 2.75) is 52.4 Å². The number of hydrogen-bond donors (Lipinski definition) is 4. The SMILES string of the molecule is CC(C)c1ccc(NC(=O)c2cccnc2Nc2ccc3ccncc3c2)cc1.CCC(C)(C)c1ccc(NC(=O)c2cccnc2Nc2ccc3ccncc3c2)cc1. The Kier molecular flexibility index (Phi) is 12.5. The number of hydrogen-bond acceptors (Lipinski definition) is 8. The number of nitrogens with one attached hydrogen (secondary N) is 4. The van der Waals surface area contributed by atoms with E-state index in [9.17, 15) is 9.59 Å². The zero-order valence-electron chi connectivity index (χ0n) is 34.4. The smallest absolute Gasteiger partial charge is 0.259 e. The van der Waals surface area contributed by atoms with Gasteiger partial charge in [-0.1, -0.05) is 71.0 Å². The van der Waals surface area contributed by atoms with Gasteiger partial charge in [-0.2, -0.15) is 0 Å². The lowest BCUT2D eigenvalue weighted by Gasteiger charge is -2.23. The number of amides is 2. The fourth-order valence-electron chi connectivity index (χ4n) is 6.53. The quantitative estimate of drug-likeness (QED) is 0.102. The highest BCUT2D eigenvalue weighted by molar-refractivity contribution is 6.08. The number of carbonyl (C=O) groups is 2. The Labute approximate surface area is 350 Å². The lowest BCUT2D eigenvalue weighted by molar-refractivity contribution is 0.101.